The molecular weight excluding hydrogens is 157 g/mol. The predicted octanol–water partition coefficient (Wildman–Crippen LogP) is 0.167. The van der Waals surface area contributed by atoms with Gasteiger partial charge in [0.2, 0.25) is 0 Å². The van der Waals surface area contributed by atoms with Crippen LogP contribution in [0.3, 0.4) is 0 Å². The normalized spacial score (nSPS) is 27.0. The van der Waals surface area contributed by atoms with Crippen LogP contribution in [0.25, 0.3) is 0 Å². The second-order valence-electron chi connectivity index (χ2n) is 2.52. The molecule has 0 saturated carbocycles. The molecule has 1 saturated heterocycles. The zero-order chi connectivity index (χ0) is 8.32. The Balaban J connectivity index is 2.43. The van der Waals surface area contributed by atoms with Gasteiger partial charge in [0.1, 0.15) is 6.04 Å². The number of piperazine rings is 1. The minimum absolute atomic E-state index is 0.0803. The third-order valence-corrected chi connectivity index (χ3v) is 1.64. The van der Waals surface area contributed by atoms with Gasteiger partial charge < -0.3 is 5.32 Å². The van der Waals surface area contributed by atoms with Crippen LogP contribution in [-0.2, 0) is 0 Å². The van der Waals surface area contributed by atoms with Crippen LogP contribution >= 0.6 is 0 Å². The molecule has 1 radical (unpaired) electrons. The van der Waals surface area contributed by atoms with Gasteiger partial charge in [0.05, 0.1) is 0 Å². The Morgan fingerprint density at radius 2 is 2.27 bits per heavy atom. The summed E-state index contributed by atoms with van der Waals surface area (Å²) >= 11 is 0. The largest absolute Gasteiger partial charge is 0.314 e. The number of alkyl halides is 3. The summed E-state index contributed by atoms with van der Waals surface area (Å²) in [7, 11) is 0. The Bertz CT molecular complexity index is 123. The van der Waals surface area contributed by atoms with E-state index in [0.29, 0.717) is 13.1 Å². The molecule has 1 N–H and O–H groups in total. The summed E-state index contributed by atoms with van der Waals surface area (Å²) in [4.78, 5) is 0. The fourth-order valence-electron chi connectivity index (χ4n) is 0.975. The van der Waals surface area contributed by atoms with Gasteiger partial charge >= 0.3 is 0 Å². The molecule has 0 aliphatic carbocycles. The van der Waals surface area contributed by atoms with Crippen LogP contribution in [0.4, 0.5) is 13.2 Å². The molecule has 2 nitrogen and oxygen atoms in total. The second kappa shape index (κ2) is 3.40. The van der Waals surface area contributed by atoms with E-state index >= 15 is 0 Å². The van der Waals surface area contributed by atoms with Crippen LogP contribution in [-0.4, -0.2) is 38.3 Å². The minimum Gasteiger partial charge on any atom is -0.314 e. The highest BCUT2D eigenvalue weighted by Crippen LogP contribution is 2.20. The van der Waals surface area contributed by atoms with E-state index in [-0.39, 0.29) is 6.54 Å². The quantitative estimate of drug-likeness (QED) is 0.623. The first-order chi connectivity index (χ1) is 5.17. The standard InChI is InChI=1S/C6H10F3N2/c7-4-6(8,9)5-3-10-1-2-11-5/h5,10H,1-4H2. The van der Waals surface area contributed by atoms with Crippen LogP contribution in [0.15, 0.2) is 0 Å². The summed E-state index contributed by atoms with van der Waals surface area (Å²) in [6, 6.07) is -1.18. The van der Waals surface area contributed by atoms with Crippen LogP contribution in [0.5, 0.6) is 0 Å². The molecule has 0 aromatic carbocycles. The maximum Gasteiger partial charge on any atom is 0.293 e. The van der Waals surface area contributed by atoms with Crippen molar-refractivity contribution in [2.24, 2.45) is 0 Å². The molecule has 0 aromatic rings. The van der Waals surface area contributed by atoms with Crippen LogP contribution < -0.4 is 10.6 Å². The fourth-order valence-corrected chi connectivity index (χ4v) is 0.975. The van der Waals surface area contributed by atoms with Crippen molar-refractivity contribution in [1.29, 1.82) is 0 Å². The third-order valence-electron chi connectivity index (χ3n) is 1.64. The van der Waals surface area contributed by atoms with Gasteiger partial charge in [-0.05, 0) is 0 Å². The van der Waals surface area contributed by atoms with Crippen molar-refractivity contribution in [2.45, 2.75) is 12.0 Å². The van der Waals surface area contributed by atoms with Crippen LogP contribution in [0, 0.1) is 0 Å². The smallest absolute Gasteiger partial charge is 0.293 e. The molecule has 0 amide bonds. The van der Waals surface area contributed by atoms with Crippen molar-refractivity contribution >= 4 is 0 Å². The van der Waals surface area contributed by atoms with Gasteiger partial charge in [0.15, 0.2) is 6.67 Å². The molecule has 65 valence electrons. The van der Waals surface area contributed by atoms with E-state index in [4.69, 9.17) is 0 Å². The Kier molecular flexibility index (Phi) is 2.72. The molecule has 1 fully saturated rings. The summed E-state index contributed by atoms with van der Waals surface area (Å²) in [5, 5.41) is 6.35. The number of hydrogen-bond donors (Lipinski definition) is 1. The van der Waals surface area contributed by atoms with Gasteiger partial charge in [0.25, 0.3) is 5.92 Å². The molecule has 1 unspecified atom stereocenters. The average Bonchev–Trinajstić information content (AvgIpc) is 2.06. The molecule has 5 heteroatoms. The maximum absolute atomic E-state index is 12.5. The molecule has 0 bridgehead atoms. The van der Waals surface area contributed by atoms with Crippen LogP contribution in [0.1, 0.15) is 0 Å². The monoisotopic (exact) mass is 167 g/mol. The Morgan fingerprint density at radius 3 is 2.73 bits per heavy atom. The molecule has 1 heterocycles. The molecule has 1 rings (SSSR count). The summed E-state index contributed by atoms with van der Waals surface area (Å²) in [5.41, 5.74) is 0. The van der Waals surface area contributed by atoms with Crippen molar-refractivity contribution in [3.05, 3.63) is 0 Å². The van der Waals surface area contributed by atoms with Gasteiger partial charge in [0, 0.05) is 19.6 Å². The van der Waals surface area contributed by atoms with E-state index in [1.165, 1.54) is 0 Å². The van der Waals surface area contributed by atoms with Gasteiger partial charge in [-0.15, -0.1) is 0 Å². The number of halogens is 3. The summed E-state index contributed by atoms with van der Waals surface area (Å²) in [5.74, 6) is -3.28. The Hall–Kier alpha value is -0.290. The first-order valence-electron chi connectivity index (χ1n) is 3.48. The molecular formula is C6H10F3N2. The summed E-state index contributed by atoms with van der Waals surface area (Å²) in [6.45, 7) is -0.584. The molecule has 1 atom stereocenters. The lowest BCUT2D eigenvalue weighted by atomic mass is 10.1. The van der Waals surface area contributed by atoms with E-state index < -0.39 is 18.6 Å². The maximum atomic E-state index is 12.5. The lowest BCUT2D eigenvalue weighted by Crippen LogP contribution is -2.54. The van der Waals surface area contributed by atoms with Crippen LogP contribution in [0.2, 0.25) is 0 Å². The first-order valence-corrected chi connectivity index (χ1v) is 3.48. The number of nitrogens with one attached hydrogen (secondary N) is 1. The fraction of sp³-hybridized carbons (Fsp3) is 1.00. The average molecular weight is 167 g/mol. The van der Waals surface area contributed by atoms with E-state index in [2.05, 4.69) is 10.6 Å². The molecule has 1 aliphatic heterocycles. The van der Waals surface area contributed by atoms with Crippen molar-refractivity contribution in [1.82, 2.24) is 10.6 Å². The second-order valence-corrected chi connectivity index (χ2v) is 2.52. The van der Waals surface area contributed by atoms with Crippen molar-refractivity contribution < 1.29 is 13.2 Å². The minimum atomic E-state index is -3.28. The molecule has 0 aromatic heterocycles. The van der Waals surface area contributed by atoms with E-state index in [1.807, 2.05) is 0 Å². The highest BCUT2D eigenvalue weighted by Gasteiger charge is 2.40. The van der Waals surface area contributed by atoms with Crippen molar-refractivity contribution in [2.75, 3.05) is 26.3 Å². The van der Waals surface area contributed by atoms with Gasteiger partial charge in [-0.25, -0.2) is 18.5 Å². The highest BCUT2D eigenvalue weighted by molar-refractivity contribution is 4.87. The van der Waals surface area contributed by atoms with Crippen molar-refractivity contribution in [3.8, 4) is 0 Å². The number of hydrogen-bond acceptors (Lipinski definition) is 1. The topological polar surface area (TPSA) is 26.1 Å². The Labute approximate surface area is 63.2 Å². The summed E-state index contributed by atoms with van der Waals surface area (Å²) < 4.78 is 36.8. The Morgan fingerprint density at radius 1 is 1.55 bits per heavy atom. The zero-order valence-corrected chi connectivity index (χ0v) is 5.99. The van der Waals surface area contributed by atoms with Crippen molar-refractivity contribution in [3.63, 3.8) is 0 Å². The number of nitrogens with zero attached hydrogens (tertiary/aromatic N) is 1. The van der Waals surface area contributed by atoms with E-state index in [0.717, 1.165) is 0 Å². The van der Waals surface area contributed by atoms with Gasteiger partial charge in [-0.3, -0.25) is 0 Å². The summed E-state index contributed by atoms with van der Waals surface area (Å²) in [6.07, 6.45) is 0. The lowest BCUT2D eigenvalue weighted by Gasteiger charge is -2.28. The van der Waals surface area contributed by atoms with Gasteiger partial charge in [-0.1, -0.05) is 0 Å². The molecule has 11 heavy (non-hydrogen) atoms. The van der Waals surface area contributed by atoms with E-state index in [9.17, 15) is 13.2 Å². The molecule has 0 spiro atoms. The first kappa shape index (κ1) is 8.80. The SMILES string of the molecule is FCC(F)(F)C1CNCC[N]1. The number of rotatable bonds is 2. The van der Waals surface area contributed by atoms with Gasteiger partial charge in [-0.2, -0.15) is 0 Å². The molecule has 1 aliphatic rings. The predicted molar refractivity (Wildman–Crippen MR) is 34.6 cm³/mol. The highest BCUT2D eigenvalue weighted by atomic mass is 19.3. The zero-order valence-electron chi connectivity index (χ0n) is 5.99. The lowest BCUT2D eigenvalue weighted by molar-refractivity contribution is -0.0602. The third kappa shape index (κ3) is 2.07. The van der Waals surface area contributed by atoms with E-state index in [1.54, 1.807) is 0 Å².